The van der Waals surface area contributed by atoms with E-state index in [2.05, 4.69) is 0 Å². The Balaban J connectivity index is 0.00000225. The fourth-order valence-electron chi connectivity index (χ4n) is 1.19. The lowest BCUT2D eigenvalue weighted by molar-refractivity contribution is 0.127. The van der Waals surface area contributed by atoms with E-state index in [-0.39, 0.29) is 17.4 Å². The molecule has 1 aromatic carbocycles. The van der Waals surface area contributed by atoms with Crippen LogP contribution in [0.5, 0.6) is 0 Å². The quantitative estimate of drug-likeness (QED) is 0.662. The normalized spacial score (nSPS) is 12.4. The van der Waals surface area contributed by atoms with Crippen LogP contribution < -0.4 is 5.73 Å². The zero-order valence-electron chi connectivity index (χ0n) is 7.89. The van der Waals surface area contributed by atoms with Gasteiger partial charge in [-0.1, -0.05) is 11.6 Å². The number of nitrogens with two attached hydrogens (primary N) is 1. The predicted octanol–water partition coefficient (Wildman–Crippen LogP) is 3.70. The maximum absolute atomic E-state index is 13.3. The molecular weight excluding hydrogens is 269 g/mol. The van der Waals surface area contributed by atoms with Gasteiger partial charge in [-0.25, -0.2) is 17.6 Å². The van der Waals surface area contributed by atoms with Gasteiger partial charge < -0.3 is 5.73 Å². The van der Waals surface area contributed by atoms with E-state index in [1.54, 1.807) is 0 Å². The molecule has 0 spiro atoms. The lowest BCUT2D eigenvalue weighted by atomic mass is 10.0. The van der Waals surface area contributed by atoms with Gasteiger partial charge >= 0.3 is 0 Å². The van der Waals surface area contributed by atoms with E-state index in [1.165, 1.54) is 0 Å². The van der Waals surface area contributed by atoms with Gasteiger partial charge in [0.1, 0.15) is 11.6 Å². The Morgan fingerprint density at radius 2 is 1.81 bits per heavy atom. The Bertz CT molecular complexity index is 360. The third-order valence-corrected chi connectivity index (χ3v) is 2.17. The van der Waals surface area contributed by atoms with E-state index in [1.807, 2.05) is 0 Å². The number of halogens is 6. The molecule has 1 aromatic rings. The second kappa shape index (κ2) is 6.27. The molecule has 7 heteroatoms. The molecular formula is C9H9Cl2F4N. The number of benzene rings is 1. The van der Waals surface area contributed by atoms with Crippen molar-refractivity contribution in [3.63, 3.8) is 0 Å². The summed E-state index contributed by atoms with van der Waals surface area (Å²) < 4.78 is 50.3. The van der Waals surface area contributed by atoms with E-state index < -0.39 is 36.1 Å². The first kappa shape index (κ1) is 15.5. The minimum atomic E-state index is -2.72. The highest BCUT2D eigenvalue weighted by Crippen LogP contribution is 2.28. The van der Waals surface area contributed by atoms with Crippen LogP contribution in [0.3, 0.4) is 0 Å². The molecule has 1 nitrogen and oxygen atoms in total. The second-order valence-corrected chi connectivity index (χ2v) is 3.40. The van der Waals surface area contributed by atoms with Gasteiger partial charge in [-0.3, -0.25) is 0 Å². The largest absolute Gasteiger partial charge is 0.324 e. The highest BCUT2D eigenvalue weighted by atomic mass is 35.5. The van der Waals surface area contributed by atoms with Gasteiger partial charge in [-0.15, -0.1) is 12.4 Å². The molecule has 16 heavy (non-hydrogen) atoms. The third-order valence-electron chi connectivity index (χ3n) is 1.88. The van der Waals surface area contributed by atoms with Crippen molar-refractivity contribution < 1.29 is 17.6 Å². The van der Waals surface area contributed by atoms with Crippen molar-refractivity contribution in [3.05, 3.63) is 34.4 Å². The first-order valence-electron chi connectivity index (χ1n) is 4.10. The van der Waals surface area contributed by atoms with Gasteiger partial charge in [0.25, 0.3) is 0 Å². The zero-order chi connectivity index (χ0) is 11.6. The number of rotatable bonds is 3. The summed E-state index contributed by atoms with van der Waals surface area (Å²) in [6, 6.07) is 0.500. The molecule has 0 radical (unpaired) electrons. The summed E-state index contributed by atoms with van der Waals surface area (Å²) in [6.07, 6.45) is -3.54. The van der Waals surface area contributed by atoms with Crippen LogP contribution in [0.2, 0.25) is 5.02 Å². The maximum Gasteiger partial charge on any atom is 0.240 e. The summed E-state index contributed by atoms with van der Waals surface area (Å²) >= 11 is 5.38. The number of hydrogen-bond acceptors (Lipinski definition) is 1. The highest BCUT2D eigenvalue weighted by Gasteiger charge is 2.21. The summed E-state index contributed by atoms with van der Waals surface area (Å²) in [4.78, 5) is 0. The molecule has 0 saturated carbocycles. The molecule has 0 bridgehead atoms. The van der Waals surface area contributed by atoms with Gasteiger partial charge in [0, 0.05) is 18.0 Å². The molecule has 0 saturated heterocycles. The molecule has 0 amide bonds. The van der Waals surface area contributed by atoms with E-state index >= 15 is 0 Å². The number of hydrogen-bond donors (Lipinski definition) is 1. The van der Waals surface area contributed by atoms with Crippen molar-refractivity contribution >= 4 is 24.0 Å². The van der Waals surface area contributed by atoms with Crippen LogP contribution in [0.25, 0.3) is 0 Å². The summed E-state index contributed by atoms with van der Waals surface area (Å²) in [7, 11) is 0. The SMILES string of the molecule is Cl.N[C@H](CC(F)F)c1c(F)ccc(Cl)c1F. The molecule has 0 aromatic heterocycles. The zero-order valence-corrected chi connectivity index (χ0v) is 9.46. The van der Waals surface area contributed by atoms with Crippen LogP contribution in [0.15, 0.2) is 12.1 Å². The van der Waals surface area contributed by atoms with Gasteiger partial charge in [0.05, 0.1) is 5.02 Å². The van der Waals surface area contributed by atoms with Gasteiger partial charge in [-0.05, 0) is 12.1 Å². The maximum atomic E-state index is 13.3. The second-order valence-electron chi connectivity index (χ2n) is 2.99. The smallest absolute Gasteiger partial charge is 0.240 e. The van der Waals surface area contributed by atoms with Crippen molar-refractivity contribution in [1.82, 2.24) is 0 Å². The van der Waals surface area contributed by atoms with Crippen LogP contribution in [0.1, 0.15) is 18.0 Å². The van der Waals surface area contributed by atoms with Gasteiger partial charge in [-0.2, -0.15) is 0 Å². The molecule has 0 fully saturated rings. The lowest BCUT2D eigenvalue weighted by Crippen LogP contribution is -2.17. The molecule has 0 unspecified atom stereocenters. The molecule has 1 rings (SSSR count). The molecule has 0 aliphatic carbocycles. The van der Waals surface area contributed by atoms with Crippen molar-refractivity contribution in [2.45, 2.75) is 18.9 Å². The van der Waals surface area contributed by atoms with Crippen LogP contribution >= 0.6 is 24.0 Å². The monoisotopic (exact) mass is 277 g/mol. The molecule has 2 N–H and O–H groups in total. The first-order chi connectivity index (χ1) is 6.93. The molecule has 0 aliphatic heterocycles. The highest BCUT2D eigenvalue weighted by molar-refractivity contribution is 6.30. The van der Waals surface area contributed by atoms with Crippen molar-refractivity contribution in [1.29, 1.82) is 0 Å². The van der Waals surface area contributed by atoms with Gasteiger partial charge in [0.15, 0.2) is 0 Å². The minimum Gasteiger partial charge on any atom is -0.324 e. The fourth-order valence-corrected chi connectivity index (χ4v) is 1.36. The van der Waals surface area contributed by atoms with Crippen LogP contribution in [-0.4, -0.2) is 6.43 Å². The fraction of sp³-hybridized carbons (Fsp3) is 0.333. The third kappa shape index (κ3) is 3.50. The lowest BCUT2D eigenvalue weighted by Gasteiger charge is -2.13. The standard InChI is InChI=1S/C9H8ClF4N.ClH/c10-4-1-2-5(11)8(9(4)14)6(15)3-7(12)13;/h1-2,6-7H,3,15H2;1H/t6-;/m1./s1. The predicted molar refractivity (Wildman–Crippen MR) is 56.2 cm³/mol. The Kier molecular flexibility index (Phi) is 6.07. The molecule has 0 heterocycles. The van der Waals surface area contributed by atoms with E-state index in [0.29, 0.717) is 0 Å². The van der Waals surface area contributed by atoms with Crippen molar-refractivity contribution in [2.24, 2.45) is 5.73 Å². The molecule has 1 atom stereocenters. The Labute approximate surface area is 101 Å². The number of alkyl halides is 2. The summed E-state index contributed by atoms with van der Waals surface area (Å²) in [6.45, 7) is 0. The van der Waals surface area contributed by atoms with Crippen molar-refractivity contribution in [3.8, 4) is 0 Å². The van der Waals surface area contributed by atoms with E-state index in [9.17, 15) is 17.6 Å². The van der Waals surface area contributed by atoms with Crippen molar-refractivity contribution in [2.75, 3.05) is 0 Å². The topological polar surface area (TPSA) is 26.0 Å². The Hall–Kier alpha value is -0.520. The van der Waals surface area contributed by atoms with E-state index in [0.717, 1.165) is 12.1 Å². The minimum absolute atomic E-state index is 0. The van der Waals surface area contributed by atoms with E-state index in [4.69, 9.17) is 17.3 Å². The first-order valence-corrected chi connectivity index (χ1v) is 4.48. The average Bonchev–Trinajstić information content (AvgIpc) is 2.11. The van der Waals surface area contributed by atoms with Crippen LogP contribution in [0, 0.1) is 11.6 Å². The van der Waals surface area contributed by atoms with Gasteiger partial charge in [0.2, 0.25) is 6.43 Å². The summed E-state index contributed by atoms with van der Waals surface area (Å²) in [5.41, 5.74) is 4.65. The molecule has 0 aliphatic rings. The van der Waals surface area contributed by atoms with Crippen LogP contribution in [0.4, 0.5) is 17.6 Å². The molecule has 92 valence electrons. The van der Waals surface area contributed by atoms with Crippen LogP contribution in [-0.2, 0) is 0 Å². The average molecular weight is 278 g/mol. The Morgan fingerprint density at radius 1 is 1.25 bits per heavy atom. The summed E-state index contributed by atoms with van der Waals surface area (Å²) in [5, 5.41) is -0.337. The summed E-state index contributed by atoms with van der Waals surface area (Å²) in [5.74, 6) is -2.05. The Morgan fingerprint density at radius 3 is 2.31 bits per heavy atom.